The first-order valence-electron chi connectivity index (χ1n) is 11.0. The molecule has 4 aliphatic rings. The zero-order valence-corrected chi connectivity index (χ0v) is 16.2. The second kappa shape index (κ2) is 5.77. The summed E-state index contributed by atoms with van der Waals surface area (Å²) in [7, 11) is 0. The Morgan fingerprint density at radius 2 is 1.52 bits per heavy atom. The Kier molecular flexibility index (Phi) is 4.13. The lowest BCUT2D eigenvalue weighted by Gasteiger charge is -2.62. The first-order valence-corrected chi connectivity index (χ1v) is 11.0. The lowest BCUT2D eigenvalue weighted by molar-refractivity contribution is -0.135. The first kappa shape index (κ1) is 16.5. The minimum absolute atomic E-state index is 0.700. The zero-order chi connectivity index (χ0) is 16.2. The summed E-state index contributed by atoms with van der Waals surface area (Å²) in [6, 6.07) is 0. The van der Waals surface area contributed by atoms with Crippen LogP contribution in [0.3, 0.4) is 0 Å². The summed E-state index contributed by atoms with van der Waals surface area (Å²) in [5.41, 5.74) is 1.40. The molecular weight excluding hydrogens is 276 g/mol. The van der Waals surface area contributed by atoms with Gasteiger partial charge in [0, 0.05) is 0 Å². The predicted octanol–water partition coefficient (Wildman–Crippen LogP) is 7.08. The van der Waals surface area contributed by atoms with E-state index in [0.29, 0.717) is 10.8 Å². The van der Waals surface area contributed by atoms with Gasteiger partial charge in [-0.2, -0.15) is 0 Å². The molecule has 0 heterocycles. The van der Waals surface area contributed by atoms with E-state index in [0.717, 1.165) is 35.5 Å². The first-order chi connectivity index (χ1) is 11.0. The van der Waals surface area contributed by atoms with Gasteiger partial charge in [0.05, 0.1) is 0 Å². The molecule has 8 atom stereocenters. The molecule has 0 aromatic heterocycles. The van der Waals surface area contributed by atoms with Crippen LogP contribution >= 0.6 is 0 Å². The lowest BCUT2D eigenvalue weighted by Crippen LogP contribution is -2.55. The molecule has 4 rings (SSSR count). The van der Waals surface area contributed by atoms with Gasteiger partial charge >= 0.3 is 0 Å². The average Bonchev–Trinajstić information content (AvgIpc) is 2.90. The summed E-state index contributed by atoms with van der Waals surface area (Å²) >= 11 is 0. The highest BCUT2D eigenvalue weighted by atomic mass is 14.7. The highest BCUT2D eigenvalue weighted by Gasteiger charge is 2.60. The molecule has 4 aliphatic carbocycles. The zero-order valence-electron chi connectivity index (χ0n) is 16.2. The molecule has 4 fully saturated rings. The number of hydrogen-bond donors (Lipinski definition) is 0. The van der Waals surface area contributed by atoms with Crippen LogP contribution in [0.1, 0.15) is 98.3 Å². The van der Waals surface area contributed by atoms with Crippen LogP contribution in [0.4, 0.5) is 0 Å². The fourth-order valence-corrected chi connectivity index (χ4v) is 8.80. The number of hydrogen-bond acceptors (Lipinski definition) is 0. The van der Waals surface area contributed by atoms with E-state index in [9.17, 15) is 0 Å². The van der Waals surface area contributed by atoms with Gasteiger partial charge in [0.15, 0.2) is 0 Å². The van der Waals surface area contributed by atoms with Crippen molar-refractivity contribution in [1.82, 2.24) is 0 Å². The predicted molar refractivity (Wildman–Crippen MR) is 99.3 cm³/mol. The summed E-state index contributed by atoms with van der Waals surface area (Å²) in [5, 5.41) is 0. The maximum Gasteiger partial charge on any atom is -0.0264 e. The van der Waals surface area contributed by atoms with E-state index in [1.807, 2.05) is 0 Å². The second-order valence-electron chi connectivity index (χ2n) is 10.4. The van der Waals surface area contributed by atoms with Crippen LogP contribution in [0.25, 0.3) is 0 Å². The lowest BCUT2D eigenvalue weighted by atomic mass is 9.42. The third-order valence-electron chi connectivity index (χ3n) is 9.97. The molecule has 0 aromatic carbocycles. The Morgan fingerprint density at radius 3 is 2.26 bits per heavy atom. The van der Waals surface area contributed by atoms with Crippen molar-refractivity contribution in [3.05, 3.63) is 0 Å². The molecule has 0 heteroatoms. The smallest absolute Gasteiger partial charge is 0.0264 e. The highest BCUT2D eigenvalue weighted by molar-refractivity contribution is 5.09. The Labute approximate surface area is 145 Å². The average molecular weight is 317 g/mol. The quantitative estimate of drug-likeness (QED) is 0.510. The summed E-state index contributed by atoms with van der Waals surface area (Å²) in [6.07, 6.45) is 16.8. The van der Waals surface area contributed by atoms with Gasteiger partial charge in [-0.25, -0.2) is 0 Å². The van der Waals surface area contributed by atoms with E-state index in [1.165, 1.54) is 32.1 Å². The van der Waals surface area contributed by atoms with Gasteiger partial charge in [-0.15, -0.1) is 0 Å². The van der Waals surface area contributed by atoms with Gasteiger partial charge in [0.2, 0.25) is 0 Å². The van der Waals surface area contributed by atoms with Crippen molar-refractivity contribution in [3.63, 3.8) is 0 Å². The molecule has 0 aliphatic heterocycles. The molecule has 0 bridgehead atoms. The largest absolute Gasteiger partial charge is 0.0651 e. The Bertz CT molecular complexity index is 439. The van der Waals surface area contributed by atoms with E-state index in [4.69, 9.17) is 0 Å². The van der Waals surface area contributed by atoms with Gasteiger partial charge in [-0.1, -0.05) is 53.4 Å². The van der Waals surface area contributed by atoms with Crippen molar-refractivity contribution < 1.29 is 0 Å². The SMILES string of the molecule is CCC1CCC2C3C[C@H](CC)C4CCCCC4(C)[C@H]3CCC12C. The summed E-state index contributed by atoms with van der Waals surface area (Å²) in [6.45, 7) is 10.4. The fraction of sp³-hybridized carbons (Fsp3) is 1.00. The second-order valence-corrected chi connectivity index (χ2v) is 10.4. The fourth-order valence-electron chi connectivity index (χ4n) is 8.80. The molecule has 0 spiro atoms. The van der Waals surface area contributed by atoms with Crippen LogP contribution in [0.2, 0.25) is 0 Å². The van der Waals surface area contributed by atoms with Crippen molar-refractivity contribution >= 4 is 0 Å². The normalized spacial score (nSPS) is 55.8. The van der Waals surface area contributed by atoms with E-state index >= 15 is 0 Å². The molecular formula is C23H40. The summed E-state index contributed by atoms with van der Waals surface area (Å²) < 4.78 is 0. The molecule has 0 radical (unpaired) electrons. The van der Waals surface area contributed by atoms with Gasteiger partial charge in [-0.3, -0.25) is 0 Å². The maximum atomic E-state index is 2.74. The summed E-state index contributed by atoms with van der Waals surface area (Å²) in [5.74, 6) is 6.36. The van der Waals surface area contributed by atoms with E-state index in [1.54, 1.807) is 38.5 Å². The maximum absolute atomic E-state index is 2.74. The van der Waals surface area contributed by atoms with Crippen molar-refractivity contribution in [2.24, 2.45) is 46.3 Å². The Balaban J connectivity index is 1.67. The van der Waals surface area contributed by atoms with Gasteiger partial charge in [-0.05, 0) is 91.3 Å². The van der Waals surface area contributed by atoms with Crippen molar-refractivity contribution in [3.8, 4) is 0 Å². The van der Waals surface area contributed by atoms with Crippen LogP contribution in [-0.2, 0) is 0 Å². The molecule has 0 nitrogen and oxygen atoms in total. The van der Waals surface area contributed by atoms with Crippen LogP contribution in [0, 0.1) is 46.3 Å². The molecule has 23 heavy (non-hydrogen) atoms. The van der Waals surface area contributed by atoms with E-state index < -0.39 is 0 Å². The number of rotatable bonds is 2. The van der Waals surface area contributed by atoms with Crippen LogP contribution in [0.5, 0.6) is 0 Å². The van der Waals surface area contributed by atoms with Crippen molar-refractivity contribution in [2.45, 2.75) is 98.3 Å². The molecule has 132 valence electrons. The van der Waals surface area contributed by atoms with Gasteiger partial charge < -0.3 is 0 Å². The summed E-state index contributed by atoms with van der Waals surface area (Å²) in [4.78, 5) is 0. The highest BCUT2D eigenvalue weighted by Crippen LogP contribution is 2.68. The van der Waals surface area contributed by atoms with Gasteiger partial charge in [0.25, 0.3) is 0 Å². The van der Waals surface area contributed by atoms with E-state index in [2.05, 4.69) is 27.7 Å². The molecule has 0 amide bonds. The molecule has 0 saturated heterocycles. The van der Waals surface area contributed by atoms with Crippen LogP contribution in [0.15, 0.2) is 0 Å². The minimum Gasteiger partial charge on any atom is -0.0651 e. The van der Waals surface area contributed by atoms with Gasteiger partial charge in [0.1, 0.15) is 0 Å². The standard InChI is InChI=1S/C23H40/c1-5-16-15-18-20-11-10-17(6-2)22(20,3)14-12-21(18)23(4)13-8-7-9-19(16)23/h16-21H,5-15H2,1-4H3/t16-,17?,18?,19?,20?,21-,22?,23?/m0/s1. The molecule has 6 unspecified atom stereocenters. The van der Waals surface area contributed by atoms with Crippen molar-refractivity contribution in [1.29, 1.82) is 0 Å². The number of fused-ring (bicyclic) bond motifs is 5. The van der Waals surface area contributed by atoms with Crippen molar-refractivity contribution in [2.75, 3.05) is 0 Å². The topological polar surface area (TPSA) is 0 Å². The Morgan fingerprint density at radius 1 is 0.739 bits per heavy atom. The third-order valence-corrected chi connectivity index (χ3v) is 9.97. The van der Waals surface area contributed by atoms with Crippen LogP contribution in [-0.4, -0.2) is 0 Å². The molecule has 0 N–H and O–H groups in total. The molecule has 4 saturated carbocycles. The molecule has 0 aromatic rings. The van der Waals surface area contributed by atoms with Crippen LogP contribution < -0.4 is 0 Å². The monoisotopic (exact) mass is 316 g/mol. The Hall–Kier alpha value is 0. The van der Waals surface area contributed by atoms with E-state index in [-0.39, 0.29) is 0 Å². The minimum atomic E-state index is 0.700. The third kappa shape index (κ3) is 2.22.